The Kier molecular flexibility index (Phi) is 4.11. The second-order valence-corrected chi connectivity index (χ2v) is 6.21. The molecule has 2 amide bonds. The number of aromatic nitrogens is 1. The van der Waals surface area contributed by atoms with Crippen LogP contribution in [0.3, 0.4) is 0 Å². The first kappa shape index (κ1) is 15.0. The maximum absolute atomic E-state index is 12.7. The fourth-order valence-corrected chi connectivity index (χ4v) is 3.45. The van der Waals surface area contributed by atoms with Gasteiger partial charge in [0.25, 0.3) is 5.91 Å². The zero-order chi connectivity index (χ0) is 15.6. The smallest absolute Gasteiger partial charge is 0.254 e. The first-order chi connectivity index (χ1) is 10.6. The lowest BCUT2D eigenvalue weighted by Gasteiger charge is -2.49. The normalized spacial score (nSPS) is 26.6. The molecule has 1 atom stereocenters. The van der Waals surface area contributed by atoms with E-state index in [1.807, 2.05) is 4.90 Å². The summed E-state index contributed by atoms with van der Waals surface area (Å²) in [6.45, 7) is 2.92. The standard InChI is InChI=1S/C16H22N4O2/c1-19-10-11-20(15(22)13-3-7-17-8-4-13)12-16(19)5-2-14(21)18-9-6-16/h3-4,7-8H,2,5-6,9-12H2,1H3,(H,18,21). The van der Waals surface area contributed by atoms with Gasteiger partial charge in [-0.25, -0.2) is 0 Å². The van der Waals surface area contributed by atoms with Gasteiger partial charge in [-0.3, -0.25) is 19.5 Å². The van der Waals surface area contributed by atoms with Gasteiger partial charge in [0.1, 0.15) is 0 Å². The largest absolute Gasteiger partial charge is 0.356 e. The van der Waals surface area contributed by atoms with Gasteiger partial charge in [0, 0.05) is 56.1 Å². The van der Waals surface area contributed by atoms with E-state index in [-0.39, 0.29) is 17.4 Å². The van der Waals surface area contributed by atoms with E-state index in [4.69, 9.17) is 0 Å². The molecule has 2 fully saturated rings. The van der Waals surface area contributed by atoms with Gasteiger partial charge in [-0.05, 0) is 32.0 Å². The first-order valence-corrected chi connectivity index (χ1v) is 7.78. The average Bonchev–Trinajstić information content (AvgIpc) is 2.73. The van der Waals surface area contributed by atoms with Gasteiger partial charge in [0.2, 0.25) is 5.91 Å². The van der Waals surface area contributed by atoms with Gasteiger partial charge in [-0.15, -0.1) is 0 Å². The van der Waals surface area contributed by atoms with Crippen molar-refractivity contribution in [1.82, 2.24) is 20.1 Å². The number of hydrogen-bond donors (Lipinski definition) is 1. The highest BCUT2D eigenvalue weighted by Gasteiger charge is 2.42. The van der Waals surface area contributed by atoms with E-state index in [1.54, 1.807) is 24.5 Å². The van der Waals surface area contributed by atoms with Crippen LogP contribution in [0.5, 0.6) is 0 Å². The number of nitrogens with one attached hydrogen (secondary N) is 1. The third-order valence-electron chi connectivity index (χ3n) is 4.94. The number of likely N-dealkylation sites (N-methyl/N-ethyl adjacent to an activating group) is 1. The zero-order valence-corrected chi connectivity index (χ0v) is 12.9. The second-order valence-electron chi connectivity index (χ2n) is 6.21. The minimum absolute atomic E-state index is 0.0541. The van der Waals surface area contributed by atoms with Crippen LogP contribution in [0.4, 0.5) is 0 Å². The maximum atomic E-state index is 12.7. The molecular formula is C16H22N4O2. The molecule has 0 bridgehead atoms. The van der Waals surface area contributed by atoms with Gasteiger partial charge < -0.3 is 10.2 Å². The molecule has 1 unspecified atom stereocenters. The SMILES string of the molecule is CN1CCN(C(=O)c2ccncc2)CC12CCNC(=O)CC2. The molecule has 22 heavy (non-hydrogen) atoms. The summed E-state index contributed by atoms with van der Waals surface area (Å²) in [5.74, 6) is 0.168. The maximum Gasteiger partial charge on any atom is 0.254 e. The fourth-order valence-electron chi connectivity index (χ4n) is 3.45. The number of carbonyl (C=O) groups excluding carboxylic acids is 2. The van der Waals surface area contributed by atoms with Crippen LogP contribution in [0.1, 0.15) is 29.6 Å². The van der Waals surface area contributed by atoms with Crippen molar-refractivity contribution in [3.8, 4) is 0 Å². The van der Waals surface area contributed by atoms with Crippen LogP contribution in [-0.2, 0) is 4.79 Å². The Balaban J connectivity index is 1.78. The number of rotatable bonds is 1. The molecule has 0 aromatic carbocycles. The molecule has 6 heteroatoms. The molecule has 118 valence electrons. The van der Waals surface area contributed by atoms with E-state index in [2.05, 4.69) is 22.2 Å². The molecule has 3 heterocycles. The van der Waals surface area contributed by atoms with Gasteiger partial charge in [0.05, 0.1) is 0 Å². The van der Waals surface area contributed by atoms with Gasteiger partial charge >= 0.3 is 0 Å². The Hall–Kier alpha value is -1.95. The Morgan fingerprint density at radius 1 is 1.27 bits per heavy atom. The lowest BCUT2D eigenvalue weighted by molar-refractivity contribution is -0.121. The third kappa shape index (κ3) is 2.83. The van der Waals surface area contributed by atoms with Crippen molar-refractivity contribution in [3.63, 3.8) is 0 Å². The molecule has 6 nitrogen and oxygen atoms in total. The Bertz CT molecular complexity index is 563. The van der Waals surface area contributed by atoms with Crippen molar-refractivity contribution in [1.29, 1.82) is 0 Å². The minimum atomic E-state index is -0.0971. The molecule has 2 saturated heterocycles. The fraction of sp³-hybridized carbons (Fsp3) is 0.562. The molecule has 1 N–H and O–H groups in total. The van der Waals surface area contributed by atoms with Crippen LogP contribution < -0.4 is 5.32 Å². The van der Waals surface area contributed by atoms with Crippen LogP contribution in [0.2, 0.25) is 0 Å². The highest BCUT2D eigenvalue weighted by Crippen LogP contribution is 2.30. The third-order valence-corrected chi connectivity index (χ3v) is 4.94. The van der Waals surface area contributed by atoms with E-state index < -0.39 is 0 Å². The Labute approximate surface area is 130 Å². The summed E-state index contributed by atoms with van der Waals surface area (Å²) in [7, 11) is 2.10. The lowest BCUT2D eigenvalue weighted by atomic mass is 9.86. The van der Waals surface area contributed by atoms with E-state index in [0.717, 1.165) is 25.9 Å². The Morgan fingerprint density at radius 2 is 2.05 bits per heavy atom. The van der Waals surface area contributed by atoms with Crippen molar-refractivity contribution in [2.24, 2.45) is 0 Å². The molecule has 1 spiro atoms. The van der Waals surface area contributed by atoms with Crippen molar-refractivity contribution >= 4 is 11.8 Å². The highest BCUT2D eigenvalue weighted by atomic mass is 16.2. The number of hydrogen-bond acceptors (Lipinski definition) is 4. The van der Waals surface area contributed by atoms with Crippen LogP contribution in [-0.4, -0.2) is 65.4 Å². The molecule has 3 rings (SSSR count). The molecule has 2 aliphatic heterocycles. The molecular weight excluding hydrogens is 280 g/mol. The molecule has 0 saturated carbocycles. The topological polar surface area (TPSA) is 65.5 Å². The number of amides is 2. The van der Waals surface area contributed by atoms with Gasteiger partial charge in [0.15, 0.2) is 0 Å². The first-order valence-electron chi connectivity index (χ1n) is 7.78. The van der Waals surface area contributed by atoms with Gasteiger partial charge in [-0.1, -0.05) is 0 Å². The summed E-state index contributed by atoms with van der Waals surface area (Å²) >= 11 is 0. The predicted octanol–water partition coefficient (Wildman–Crippen LogP) is 0.508. The summed E-state index contributed by atoms with van der Waals surface area (Å²) in [4.78, 5) is 32.5. The zero-order valence-electron chi connectivity index (χ0n) is 12.9. The predicted molar refractivity (Wildman–Crippen MR) is 82.4 cm³/mol. The molecule has 1 aromatic rings. The summed E-state index contributed by atoms with van der Waals surface area (Å²) in [6.07, 6.45) is 5.51. The van der Waals surface area contributed by atoms with E-state index in [9.17, 15) is 9.59 Å². The summed E-state index contributed by atoms with van der Waals surface area (Å²) < 4.78 is 0. The summed E-state index contributed by atoms with van der Waals surface area (Å²) in [5.41, 5.74) is 0.581. The van der Waals surface area contributed by atoms with Crippen LogP contribution in [0.25, 0.3) is 0 Å². The number of nitrogens with zero attached hydrogens (tertiary/aromatic N) is 3. The van der Waals surface area contributed by atoms with E-state index >= 15 is 0 Å². The molecule has 0 radical (unpaired) electrons. The molecule has 1 aromatic heterocycles. The average molecular weight is 302 g/mol. The van der Waals surface area contributed by atoms with Crippen molar-refractivity contribution in [2.75, 3.05) is 33.2 Å². The van der Waals surface area contributed by atoms with E-state index in [1.165, 1.54) is 0 Å². The van der Waals surface area contributed by atoms with Crippen molar-refractivity contribution in [2.45, 2.75) is 24.8 Å². The second kappa shape index (κ2) is 6.04. The lowest BCUT2D eigenvalue weighted by Crippen LogP contribution is -2.62. The Morgan fingerprint density at radius 3 is 2.82 bits per heavy atom. The quantitative estimate of drug-likeness (QED) is 0.821. The monoisotopic (exact) mass is 302 g/mol. The minimum Gasteiger partial charge on any atom is -0.356 e. The number of pyridine rings is 1. The van der Waals surface area contributed by atoms with Crippen molar-refractivity contribution < 1.29 is 9.59 Å². The van der Waals surface area contributed by atoms with Crippen molar-refractivity contribution in [3.05, 3.63) is 30.1 Å². The van der Waals surface area contributed by atoms with E-state index in [0.29, 0.717) is 25.1 Å². The van der Waals surface area contributed by atoms with Crippen LogP contribution in [0.15, 0.2) is 24.5 Å². The molecule has 2 aliphatic rings. The van der Waals surface area contributed by atoms with Crippen LogP contribution >= 0.6 is 0 Å². The van der Waals surface area contributed by atoms with Crippen LogP contribution in [0, 0.1) is 0 Å². The number of carbonyl (C=O) groups is 2. The van der Waals surface area contributed by atoms with Gasteiger partial charge in [-0.2, -0.15) is 0 Å². The summed E-state index contributed by atoms with van der Waals surface area (Å²) in [6, 6.07) is 3.51. The number of piperazine rings is 1. The molecule has 0 aliphatic carbocycles. The summed E-state index contributed by atoms with van der Waals surface area (Å²) in [5, 5.41) is 2.94. The highest BCUT2D eigenvalue weighted by molar-refractivity contribution is 5.94.